The number of aliphatic imine (C=N–C) groups is 1. The third-order valence-corrected chi connectivity index (χ3v) is 4.71. The van der Waals surface area contributed by atoms with E-state index in [-0.39, 0.29) is 24.0 Å². The Kier molecular flexibility index (Phi) is 8.74. The van der Waals surface area contributed by atoms with E-state index >= 15 is 0 Å². The molecule has 0 aliphatic heterocycles. The number of thiophene rings is 2. The first-order valence-electron chi connectivity index (χ1n) is 6.04. The molecule has 2 aromatic rings. The van der Waals surface area contributed by atoms with Gasteiger partial charge in [0.25, 0.3) is 0 Å². The number of rotatable bonds is 5. The van der Waals surface area contributed by atoms with E-state index in [4.69, 9.17) is 0 Å². The molecule has 3 nitrogen and oxygen atoms in total. The van der Waals surface area contributed by atoms with Crippen LogP contribution in [0.2, 0.25) is 0 Å². The summed E-state index contributed by atoms with van der Waals surface area (Å²) in [4.78, 5) is 4.58. The van der Waals surface area contributed by atoms with Gasteiger partial charge in [-0.15, -0.1) is 35.3 Å². The number of nitrogens with one attached hydrogen (secondary N) is 2. The van der Waals surface area contributed by atoms with Crippen LogP contribution >= 0.6 is 62.6 Å². The highest BCUT2D eigenvalue weighted by atomic mass is 127. The van der Waals surface area contributed by atoms with Crippen molar-refractivity contribution in [3.63, 3.8) is 0 Å². The van der Waals surface area contributed by atoms with Crippen molar-refractivity contribution >= 4 is 68.5 Å². The Hall–Kier alpha value is -0.120. The fourth-order valence-electron chi connectivity index (χ4n) is 1.52. The van der Waals surface area contributed by atoms with Crippen molar-refractivity contribution in [1.29, 1.82) is 0 Å². The molecule has 7 heteroatoms. The predicted molar refractivity (Wildman–Crippen MR) is 103 cm³/mol. The molecule has 0 saturated carbocycles. The summed E-state index contributed by atoms with van der Waals surface area (Å²) in [6.07, 6.45) is 0. The van der Waals surface area contributed by atoms with E-state index < -0.39 is 0 Å². The molecule has 20 heavy (non-hydrogen) atoms. The van der Waals surface area contributed by atoms with Gasteiger partial charge in [-0.1, -0.05) is 0 Å². The van der Waals surface area contributed by atoms with E-state index in [0.29, 0.717) is 6.54 Å². The van der Waals surface area contributed by atoms with Gasteiger partial charge in [0.1, 0.15) is 0 Å². The molecule has 110 valence electrons. The third kappa shape index (κ3) is 6.11. The second-order valence-corrected chi connectivity index (χ2v) is 7.01. The van der Waals surface area contributed by atoms with Crippen LogP contribution in [0.15, 0.2) is 37.1 Å². The second-order valence-electron chi connectivity index (χ2n) is 3.94. The summed E-state index contributed by atoms with van der Waals surface area (Å²) < 4.78 is 1.15. The minimum atomic E-state index is 0. The molecule has 2 heterocycles. The molecular formula is C13H17BrIN3S2. The molecule has 0 saturated heterocycles. The van der Waals surface area contributed by atoms with E-state index in [1.807, 2.05) is 0 Å². The van der Waals surface area contributed by atoms with Gasteiger partial charge >= 0.3 is 0 Å². The van der Waals surface area contributed by atoms with Crippen molar-refractivity contribution in [2.75, 3.05) is 6.54 Å². The van der Waals surface area contributed by atoms with Crippen LogP contribution in [0.5, 0.6) is 0 Å². The lowest BCUT2D eigenvalue weighted by Gasteiger charge is -2.10. The van der Waals surface area contributed by atoms with Crippen LogP contribution in [0.3, 0.4) is 0 Å². The maximum Gasteiger partial charge on any atom is 0.191 e. The fraction of sp³-hybridized carbons (Fsp3) is 0.308. The maximum atomic E-state index is 4.58. The maximum absolute atomic E-state index is 4.58. The van der Waals surface area contributed by atoms with Gasteiger partial charge in [0.2, 0.25) is 0 Å². The van der Waals surface area contributed by atoms with Crippen molar-refractivity contribution in [3.05, 3.63) is 43.2 Å². The zero-order chi connectivity index (χ0) is 13.5. The first-order chi connectivity index (χ1) is 9.28. The Morgan fingerprint density at radius 1 is 1.30 bits per heavy atom. The zero-order valence-corrected chi connectivity index (χ0v) is 16.6. The lowest BCUT2D eigenvalue weighted by Crippen LogP contribution is -2.36. The van der Waals surface area contributed by atoms with E-state index in [1.165, 1.54) is 11.1 Å². The molecule has 0 aliphatic carbocycles. The van der Waals surface area contributed by atoms with Gasteiger partial charge in [-0.05, 0) is 62.3 Å². The summed E-state index contributed by atoms with van der Waals surface area (Å²) in [7, 11) is 0. The van der Waals surface area contributed by atoms with Gasteiger partial charge in [0, 0.05) is 13.1 Å². The van der Waals surface area contributed by atoms with Gasteiger partial charge in [-0.2, -0.15) is 11.3 Å². The molecule has 0 bridgehead atoms. The highest BCUT2D eigenvalue weighted by Crippen LogP contribution is 2.21. The molecule has 2 N–H and O–H groups in total. The van der Waals surface area contributed by atoms with E-state index in [2.05, 4.69) is 66.8 Å². The van der Waals surface area contributed by atoms with Crippen LogP contribution in [0, 0.1) is 0 Å². The number of hydrogen-bond acceptors (Lipinski definition) is 3. The molecule has 0 aromatic carbocycles. The summed E-state index contributed by atoms with van der Waals surface area (Å²) in [5, 5.41) is 12.9. The first kappa shape index (κ1) is 17.9. The molecule has 0 unspecified atom stereocenters. The quantitative estimate of drug-likeness (QED) is 0.373. The van der Waals surface area contributed by atoms with Crippen LogP contribution < -0.4 is 10.6 Å². The predicted octanol–water partition coefficient (Wildman–Crippen LogP) is 4.45. The van der Waals surface area contributed by atoms with Crippen LogP contribution in [0.4, 0.5) is 0 Å². The fourth-order valence-corrected chi connectivity index (χ4v) is 3.39. The van der Waals surface area contributed by atoms with Gasteiger partial charge in [-0.25, -0.2) is 4.99 Å². The topological polar surface area (TPSA) is 36.4 Å². The highest BCUT2D eigenvalue weighted by Gasteiger charge is 2.00. The number of halogens is 2. The molecule has 2 rings (SSSR count). The Morgan fingerprint density at radius 3 is 2.75 bits per heavy atom. The molecule has 2 aromatic heterocycles. The molecule has 0 atom stereocenters. The van der Waals surface area contributed by atoms with Crippen molar-refractivity contribution in [2.24, 2.45) is 4.99 Å². The SMILES string of the molecule is CCNC(=NCc1csc(Br)c1)NCc1ccsc1.I. The number of guanidine groups is 1. The summed E-state index contributed by atoms with van der Waals surface area (Å²) in [6, 6.07) is 4.23. The Labute approximate surface area is 153 Å². The number of hydrogen-bond donors (Lipinski definition) is 2. The average Bonchev–Trinajstić information content (AvgIpc) is 3.04. The first-order valence-corrected chi connectivity index (χ1v) is 8.65. The van der Waals surface area contributed by atoms with Crippen LogP contribution in [-0.2, 0) is 13.1 Å². The normalized spacial score (nSPS) is 11.0. The van der Waals surface area contributed by atoms with Crippen molar-refractivity contribution in [1.82, 2.24) is 10.6 Å². The smallest absolute Gasteiger partial charge is 0.191 e. The Balaban J connectivity index is 0.00000200. The monoisotopic (exact) mass is 485 g/mol. The summed E-state index contributed by atoms with van der Waals surface area (Å²) in [6.45, 7) is 4.44. The molecule has 0 amide bonds. The Morgan fingerprint density at radius 2 is 2.15 bits per heavy atom. The lowest BCUT2D eigenvalue weighted by atomic mass is 10.3. The highest BCUT2D eigenvalue weighted by molar-refractivity contribution is 14.0. The van der Waals surface area contributed by atoms with Crippen LogP contribution in [0.1, 0.15) is 18.1 Å². The van der Waals surface area contributed by atoms with Gasteiger partial charge in [0.15, 0.2) is 5.96 Å². The van der Waals surface area contributed by atoms with Crippen LogP contribution in [-0.4, -0.2) is 12.5 Å². The van der Waals surface area contributed by atoms with Gasteiger partial charge in [0.05, 0.1) is 10.3 Å². The minimum Gasteiger partial charge on any atom is -0.357 e. The summed E-state index contributed by atoms with van der Waals surface area (Å²) >= 11 is 6.87. The minimum absolute atomic E-state index is 0. The average molecular weight is 486 g/mol. The molecule has 0 aliphatic rings. The molecule has 0 fully saturated rings. The third-order valence-electron chi connectivity index (χ3n) is 2.43. The summed E-state index contributed by atoms with van der Waals surface area (Å²) in [5.74, 6) is 0.857. The van der Waals surface area contributed by atoms with Crippen LogP contribution in [0.25, 0.3) is 0 Å². The molecular weight excluding hydrogens is 469 g/mol. The van der Waals surface area contributed by atoms with Crippen molar-refractivity contribution in [3.8, 4) is 0 Å². The lowest BCUT2D eigenvalue weighted by molar-refractivity contribution is 0.818. The zero-order valence-electron chi connectivity index (χ0n) is 11.1. The largest absolute Gasteiger partial charge is 0.357 e. The van der Waals surface area contributed by atoms with Crippen molar-refractivity contribution < 1.29 is 0 Å². The molecule has 0 radical (unpaired) electrons. The summed E-state index contributed by atoms with van der Waals surface area (Å²) in [5.41, 5.74) is 2.51. The van der Waals surface area contributed by atoms with E-state index in [0.717, 1.165) is 22.8 Å². The standard InChI is InChI=1S/C13H16BrN3S2.HI/c1-2-15-13(16-6-10-3-4-18-8-10)17-7-11-5-12(14)19-9-11;/h3-5,8-9H,2,6-7H2,1H3,(H2,15,16,17);1H. The molecule has 0 spiro atoms. The van der Waals surface area contributed by atoms with E-state index in [1.54, 1.807) is 22.7 Å². The van der Waals surface area contributed by atoms with E-state index in [9.17, 15) is 0 Å². The second kappa shape index (κ2) is 9.75. The Bertz CT molecular complexity index is 525. The van der Waals surface area contributed by atoms with Gasteiger partial charge < -0.3 is 10.6 Å². The van der Waals surface area contributed by atoms with Gasteiger partial charge in [-0.3, -0.25) is 0 Å². The number of nitrogens with zero attached hydrogens (tertiary/aromatic N) is 1. The van der Waals surface area contributed by atoms with Crippen molar-refractivity contribution in [2.45, 2.75) is 20.0 Å².